The molecular formula is C34H26ClF3N4O4. The van der Waals surface area contributed by atoms with Gasteiger partial charge in [0.2, 0.25) is 0 Å². The Hall–Kier alpha value is -5.42. The van der Waals surface area contributed by atoms with E-state index in [0.29, 0.717) is 39.5 Å². The monoisotopic (exact) mass is 646 g/mol. The maximum atomic E-state index is 13.6. The molecule has 4 aromatic carbocycles. The normalized spacial score (nSPS) is 11.5. The molecule has 1 aromatic heterocycles. The summed E-state index contributed by atoms with van der Waals surface area (Å²) in [4.78, 5) is 30.6. The van der Waals surface area contributed by atoms with E-state index in [4.69, 9.17) is 21.1 Å². The number of amides is 1. The summed E-state index contributed by atoms with van der Waals surface area (Å²) in [5.74, 6) is 0.100. The lowest BCUT2D eigenvalue weighted by Crippen LogP contribution is -2.21. The fraction of sp³-hybridized carbons (Fsp3) is 0.118. The van der Waals surface area contributed by atoms with E-state index in [1.54, 1.807) is 66.7 Å². The Labute approximate surface area is 266 Å². The smallest absolute Gasteiger partial charge is 0.416 e. The number of aromatic nitrogens is 2. The van der Waals surface area contributed by atoms with Gasteiger partial charge >= 0.3 is 6.18 Å². The highest BCUT2D eigenvalue weighted by Crippen LogP contribution is 2.34. The van der Waals surface area contributed by atoms with Gasteiger partial charge in [-0.15, -0.1) is 6.58 Å². The Morgan fingerprint density at radius 1 is 1.07 bits per heavy atom. The van der Waals surface area contributed by atoms with E-state index in [2.05, 4.69) is 22.0 Å². The van der Waals surface area contributed by atoms with Crippen LogP contribution >= 0.6 is 11.6 Å². The number of hydrogen-bond acceptors (Lipinski definition) is 6. The molecular weight excluding hydrogens is 621 g/mol. The van der Waals surface area contributed by atoms with Crippen LogP contribution < -0.4 is 20.3 Å². The number of methoxy groups -OCH3 is 1. The van der Waals surface area contributed by atoms with Gasteiger partial charge < -0.3 is 14.8 Å². The lowest BCUT2D eigenvalue weighted by molar-refractivity contribution is -0.137. The maximum Gasteiger partial charge on any atom is 0.416 e. The van der Waals surface area contributed by atoms with Crippen LogP contribution in [0.3, 0.4) is 0 Å². The van der Waals surface area contributed by atoms with Crippen molar-refractivity contribution in [2.75, 3.05) is 19.0 Å². The number of carbonyl (C=O) groups excluding carboxylic acids is 1. The van der Waals surface area contributed by atoms with E-state index >= 15 is 0 Å². The van der Waals surface area contributed by atoms with Crippen molar-refractivity contribution >= 4 is 40.3 Å². The second-order valence-electron chi connectivity index (χ2n) is 9.94. The first-order valence-electron chi connectivity index (χ1n) is 13.8. The summed E-state index contributed by atoms with van der Waals surface area (Å²) in [5, 5.41) is 7.86. The molecule has 46 heavy (non-hydrogen) atoms. The molecule has 0 saturated heterocycles. The zero-order chi connectivity index (χ0) is 32.8. The van der Waals surface area contributed by atoms with Gasteiger partial charge in [-0.2, -0.15) is 22.9 Å². The van der Waals surface area contributed by atoms with Crippen molar-refractivity contribution < 1.29 is 27.4 Å². The van der Waals surface area contributed by atoms with Crippen LogP contribution in [-0.4, -0.2) is 35.5 Å². The highest BCUT2D eigenvalue weighted by molar-refractivity contribution is 6.30. The summed E-state index contributed by atoms with van der Waals surface area (Å²) < 4.78 is 53.0. The summed E-state index contributed by atoms with van der Waals surface area (Å²) in [6.07, 6.45) is -1.26. The second kappa shape index (κ2) is 13.7. The number of alkyl halides is 3. The average Bonchev–Trinajstić information content (AvgIpc) is 3.04. The van der Waals surface area contributed by atoms with Gasteiger partial charge in [-0.1, -0.05) is 41.9 Å². The van der Waals surface area contributed by atoms with Crippen LogP contribution in [0.5, 0.6) is 11.5 Å². The van der Waals surface area contributed by atoms with Gasteiger partial charge in [0.05, 0.1) is 29.8 Å². The summed E-state index contributed by atoms with van der Waals surface area (Å²) in [5.41, 5.74) is 0.534. The van der Waals surface area contributed by atoms with Crippen molar-refractivity contribution in [3.63, 3.8) is 0 Å². The van der Waals surface area contributed by atoms with Crippen molar-refractivity contribution in [3.8, 4) is 22.9 Å². The van der Waals surface area contributed by atoms with Crippen LogP contribution in [0.25, 0.3) is 22.3 Å². The van der Waals surface area contributed by atoms with E-state index < -0.39 is 23.2 Å². The highest BCUT2D eigenvalue weighted by Gasteiger charge is 2.31. The molecule has 1 heterocycles. The first kappa shape index (κ1) is 32.0. The molecule has 1 amide bonds. The number of rotatable bonds is 10. The molecule has 0 spiro atoms. The lowest BCUT2D eigenvalue weighted by Gasteiger charge is -2.16. The number of nitrogens with zero attached hydrogens (tertiary/aromatic N) is 3. The fourth-order valence-corrected chi connectivity index (χ4v) is 4.75. The molecule has 0 fully saturated rings. The van der Waals surface area contributed by atoms with Crippen LogP contribution in [0, 0.1) is 0 Å². The molecule has 0 unspecified atom stereocenters. The molecule has 0 aliphatic heterocycles. The van der Waals surface area contributed by atoms with Gasteiger partial charge in [-0.25, -0.2) is 4.98 Å². The number of hydrogen-bond donors (Lipinski definition) is 1. The van der Waals surface area contributed by atoms with Gasteiger partial charge in [0.15, 0.2) is 23.9 Å². The number of benzene rings is 4. The summed E-state index contributed by atoms with van der Waals surface area (Å²) in [6, 6.07) is 20.9. The summed E-state index contributed by atoms with van der Waals surface area (Å²) >= 11 is 5.90. The molecule has 12 heteroatoms. The van der Waals surface area contributed by atoms with Crippen molar-refractivity contribution in [2.24, 2.45) is 5.10 Å². The van der Waals surface area contributed by atoms with Crippen molar-refractivity contribution in [3.05, 3.63) is 130 Å². The molecule has 1 N–H and O–H groups in total. The number of allylic oxidation sites excluding steroid dienone is 1. The largest absolute Gasteiger partial charge is 0.493 e. The van der Waals surface area contributed by atoms with Gasteiger partial charge in [0.25, 0.3) is 11.5 Å². The molecule has 0 aliphatic rings. The molecule has 5 rings (SSSR count). The topological polar surface area (TPSA) is 94.8 Å². The van der Waals surface area contributed by atoms with Crippen molar-refractivity contribution in [2.45, 2.75) is 12.6 Å². The minimum atomic E-state index is -4.60. The Balaban J connectivity index is 1.51. The molecule has 5 aromatic rings. The zero-order valence-electron chi connectivity index (χ0n) is 24.3. The first-order chi connectivity index (χ1) is 22.1. The fourth-order valence-electron chi connectivity index (χ4n) is 4.63. The number of ether oxygens (including phenoxy) is 2. The predicted molar refractivity (Wildman–Crippen MR) is 172 cm³/mol. The third-order valence-corrected chi connectivity index (χ3v) is 6.99. The quantitative estimate of drug-likeness (QED) is 0.126. The number of para-hydroxylation sites is 1. The van der Waals surface area contributed by atoms with Gasteiger partial charge in [-0.05, 0) is 72.6 Å². The molecule has 234 valence electrons. The van der Waals surface area contributed by atoms with Gasteiger partial charge in [0.1, 0.15) is 0 Å². The van der Waals surface area contributed by atoms with Crippen LogP contribution in [0.4, 0.5) is 18.9 Å². The number of carbonyl (C=O) groups is 1. The number of anilines is 1. The second-order valence-corrected chi connectivity index (χ2v) is 10.4. The van der Waals surface area contributed by atoms with E-state index in [-0.39, 0.29) is 29.1 Å². The summed E-state index contributed by atoms with van der Waals surface area (Å²) in [7, 11) is 1.43. The standard InChI is InChI=1S/C34H26ClF3N4O4/c1-3-7-22-16-21(17-29(45-2)31(22)46-20-30(43)40-26-14-12-25(35)13-15-26)19-39-42-32(23-8-6-9-24(18-23)34(36,37)38)41-28-11-5-4-10-27(28)33(42)44/h3-6,8-19H,1,7,20H2,2H3,(H,40,43). The molecule has 0 atom stereocenters. The zero-order valence-corrected chi connectivity index (χ0v) is 25.1. The minimum Gasteiger partial charge on any atom is -0.493 e. The first-order valence-corrected chi connectivity index (χ1v) is 14.2. The number of halogens is 4. The minimum absolute atomic E-state index is 0.0559. The molecule has 0 saturated carbocycles. The third kappa shape index (κ3) is 7.27. The Bertz CT molecular complexity index is 2010. The van der Waals surface area contributed by atoms with Crippen LogP contribution in [0.2, 0.25) is 5.02 Å². The third-order valence-electron chi connectivity index (χ3n) is 6.74. The Kier molecular flexibility index (Phi) is 9.53. The number of nitrogens with one attached hydrogen (secondary N) is 1. The Morgan fingerprint density at radius 3 is 2.54 bits per heavy atom. The lowest BCUT2D eigenvalue weighted by atomic mass is 10.1. The predicted octanol–water partition coefficient (Wildman–Crippen LogP) is 7.37. The van der Waals surface area contributed by atoms with E-state index in [0.717, 1.165) is 16.8 Å². The van der Waals surface area contributed by atoms with Crippen LogP contribution in [0.1, 0.15) is 16.7 Å². The highest BCUT2D eigenvalue weighted by atomic mass is 35.5. The van der Waals surface area contributed by atoms with Crippen LogP contribution in [-0.2, 0) is 17.4 Å². The average molecular weight is 647 g/mol. The van der Waals surface area contributed by atoms with E-state index in [9.17, 15) is 22.8 Å². The maximum absolute atomic E-state index is 13.6. The van der Waals surface area contributed by atoms with Crippen molar-refractivity contribution in [1.29, 1.82) is 0 Å². The Morgan fingerprint density at radius 2 is 1.83 bits per heavy atom. The SMILES string of the molecule is C=CCc1cc(C=Nn2c(-c3cccc(C(F)(F)F)c3)nc3ccccc3c2=O)cc(OC)c1OCC(=O)Nc1ccc(Cl)cc1. The van der Waals surface area contributed by atoms with E-state index in [1.165, 1.54) is 25.5 Å². The van der Waals surface area contributed by atoms with Gasteiger partial charge in [0, 0.05) is 21.8 Å². The molecule has 0 aliphatic carbocycles. The summed E-state index contributed by atoms with van der Waals surface area (Å²) in [6.45, 7) is 3.47. The van der Waals surface area contributed by atoms with Crippen molar-refractivity contribution in [1.82, 2.24) is 9.66 Å². The number of fused-ring (bicyclic) bond motifs is 1. The molecule has 0 bridgehead atoms. The van der Waals surface area contributed by atoms with Crippen LogP contribution in [0.15, 0.2) is 107 Å². The van der Waals surface area contributed by atoms with Gasteiger partial charge in [-0.3, -0.25) is 9.59 Å². The molecule has 8 nitrogen and oxygen atoms in total. The van der Waals surface area contributed by atoms with E-state index in [1.807, 2.05) is 0 Å². The molecule has 0 radical (unpaired) electrons.